The number of rotatable bonds is 5. The molecule has 0 aromatic rings. The molecule has 1 heterocycles. The molecule has 124 valence electrons. The summed E-state index contributed by atoms with van der Waals surface area (Å²) in [4.78, 5) is 14.1. The summed E-state index contributed by atoms with van der Waals surface area (Å²) >= 11 is 0. The SMILES string of the molecule is CN1CCCC(CNC(C)(C)CNC(=O)OC(C)(C)C)C1. The Morgan fingerprint density at radius 1 is 1.29 bits per heavy atom. The van der Waals surface area contributed by atoms with Crippen LogP contribution in [0.25, 0.3) is 0 Å². The number of ether oxygens (including phenoxy) is 1. The van der Waals surface area contributed by atoms with E-state index in [1.807, 2.05) is 20.8 Å². The van der Waals surface area contributed by atoms with Crippen molar-refractivity contribution in [1.29, 1.82) is 0 Å². The van der Waals surface area contributed by atoms with Gasteiger partial charge in [0.15, 0.2) is 0 Å². The number of hydrogen-bond acceptors (Lipinski definition) is 4. The van der Waals surface area contributed by atoms with E-state index in [0.29, 0.717) is 12.5 Å². The molecule has 1 aliphatic heterocycles. The molecule has 0 radical (unpaired) electrons. The molecule has 1 fully saturated rings. The lowest BCUT2D eigenvalue weighted by molar-refractivity contribution is 0.0512. The number of nitrogens with one attached hydrogen (secondary N) is 2. The van der Waals surface area contributed by atoms with Crippen LogP contribution in [0.1, 0.15) is 47.5 Å². The molecule has 0 aromatic carbocycles. The fourth-order valence-electron chi connectivity index (χ4n) is 2.53. The maximum absolute atomic E-state index is 11.7. The molecular formula is C16H33N3O2. The van der Waals surface area contributed by atoms with Crippen LogP contribution in [0.15, 0.2) is 0 Å². The summed E-state index contributed by atoms with van der Waals surface area (Å²) in [5.74, 6) is 0.699. The van der Waals surface area contributed by atoms with Crippen molar-refractivity contribution >= 4 is 6.09 Å². The second-order valence-corrected chi connectivity index (χ2v) is 7.89. The molecule has 5 heteroatoms. The highest BCUT2D eigenvalue weighted by molar-refractivity contribution is 5.67. The minimum Gasteiger partial charge on any atom is -0.444 e. The minimum atomic E-state index is -0.450. The first-order chi connectivity index (χ1) is 9.57. The average Bonchev–Trinajstić information content (AvgIpc) is 2.33. The number of amides is 1. The van der Waals surface area contributed by atoms with Crippen LogP contribution in [0.2, 0.25) is 0 Å². The molecule has 0 aromatic heterocycles. The fraction of sp³-hybridized carbons (Fsp3) is 0.938. The Balaban J connectivity index is 2.28. The molecule has 1 aliphatic rings. The molecule has 2 N–H and O–H groups in total. The van der Waals surface area contributed by atoms with E-state index in [9.17, 15) is 4.79 Å². The Kier molecular flexibility index (Phi) is 6.47. The summed E-state index contributed by atoms with van der Waals surface area (Å²) in [6, 6.07) is 0. The summed E-state index contributed by atoms with van der Waals surface area (Å²) in [6.07, 6.45) is 2.21. The Hall–Kier alpha value is -0.810. The van der Waals surface area contributed by atoms with E-state index in [0.717, 1.165) is 13.1 Å². The number of alkyl carbamates (subject to hydrolysis) is 1. The second-order valence-electron chi connectivity index (χ2n) is 7.89. The Bertz CT molecular complexity index is 337. The molecule has 0 spiro atoms. The van der Waals surface area contributed by atoms with E-state index in [2.05, 4.69) is 36.4 Å². The van der Waals surface area contributed by atoms with Gasteiger partial charge in [0.2, 0.25) is 0 Å². The van der Waals surface area contributed by atoms with Crippen molar-refractivity contribution < 1.29 is 9.53 Å². The van der Waals surface area contributed by atoms with Gasteiger partial charge in [-0.25, -0.2) is 4.79 Å². The molecular weight excluding hydrogens is 266 g/mol. The topological polar surface area (TPSA) is 53.6 Å². The van der Waals surface area contributed by atoms with E-state index in [-0.39, 0.29) is 11.6 Å². The van der Waals surface area contributed by atoms with Gasteiger partial charge < -0.3 is 20.3 Å². The van der Waals surface area contributed by atoms with Crippen LogP contribution in [-0.2, 0) is 4.74 Å². The number of nitrogens with zero attached hydrogens (tertiary/aromatic N) is 1. The van der Waals surface area contributed by atoms with Crippen molar-refractivity contribution in [2.24, 2.45) is 5.92 Å². The molecule has 5 nitrogen and oxygen atoms in total. The van der Waals surface area contributed by atoms with E-state index in [1.165, 1.54) is 19.4 Å². The molecule has 0 saturated carbocycles. The van der Waals surface area contributed by atoms with Gasteiger partial charge in [0.05, 0.1) is 0 Å². The van der Waals surface area contributed by atoms with Crippen molar-refractivity contribution in [3.05, 3.63) is 0 Å². The van der Waals surface area contributed by atoms with Crippen LogP contribution >= 0.6 is 0 Å². The van der Waals surface area contributed by atoms with Crippen molar-refractivity contribution in [2.75, 3.05) is 33.2 Å². The fourth-order valence-corrected chi connectivity index (χ4v) is 2.53. The van der Waals surface area contributed by atoms with Gasteiger partial charge >= 0.3 is 6.09 Å². The quantitative estimate of drug-likeness (QED) is 0.817. The highest BCUT2D eigenvalue weighted by atomic mass is 16.6. The largest absolute Gasteiger partial charge is 0.444 e. The van der Waals surface area contributed by atoms with Crippen LogP contribution in [-0.4, -0.2) is 55.4 Å². The van der Waals surface area contributed by atoms with E-state index >= 15 is 0 Å². The summed E-state index contributed by atoms with van der Waals surface area (Å²) < 4.78 is 5.26. The van der Waals surface area contributed by atoms with E-state index in [4.69, 9.17) is 4.74 Å². The predicted molar refractivity (Wildman–Crippen MR) is 86.5 cm³/mol. The van der Waals surface area contributed by atoms with Crippen LogP contribution in [0, 0.1) is 5.92 Å². The lowest BCUT2D eigenvalue weighted by Crippen LogP contribution is -2.52. The third-order valence-electron chi connectivity index (χ3n) is 3.66. The summed E-state index contributed by atoms with van der Waals surface area (Å²) in [7, 11) is 2.18. The molecule has 1 atom stereocenters. The van der Waals surface area contributed by atoms with Gasteiger partial charge in [-0.3, -0.25) is 0 Å². The zero-order chi connectivity index (χ0) is 16.1. The van der Waals surface area contributed by atoms with E-state index < -0.39 is 5.60 Å². The highest BCUT2D eigenvalue weighted by Crippen LogP contribution is 2.15. The molecule has 1 unspecified atom stereocenters. The van der Waals surface area contributed by atoms with Crippen molar-refractivity contribution in [2.45, 2.75) is 58.6 Å². The average molecular weight is 299 g/mol. The van der Waals surface area contributed by atoms with Crippen LogP contribution in [0.3, 0.4) is 0 Å². The Labute approximate surface area is 129 Å². The summed E-state index contributed by atoms with van der Waals surface area (Å²) in [6.45, 7) is 13.7. The van der Waals surface area contributed by atoms with Gasteiger partial charge in [0.1, 0.15) is 5.60 Å². The van der Waals surface area contributed by atoms with Crippen LogP contribution in [0.4, 0.5) is 4.79 Å². The number of likely N-dealkylation sites (tertiary alicyclic amines) is 1. The zero-order valence-corrected chi connectivity index (χ0v) is 14.6. The predicted octanol–water partition coefficient (Wildman–Crippen LogP) is 2.22. The number of piperidine rings is 1. The van der Waals surface area contributed by atoms with Gasteiger partial charge in [-0.1, -0.05) is 0 Å². The first-order valence-electron chi connectivity index (χ1n) is 7.98. The standard InChI is InChI=1S/C16H33N3O2/c1-15(2,3)21-14(20)17-12-16(4,5)18-10-13-8-7-9-19(6)11-13/h13,18H,7-12H2,1-6H3,(H,17,20). The second kappa shape index (κ2) is 7.45. The maximum Gasteiger partial charge on any atom is 0.407 e. The number of carbonyl (C=O) groups is 1. The van der Waals surface area contributed by atoms with Crippen molar-refractivity contribution in [3.63, 3.8) is 0 Å². The first-order valence-corrected chi connectivity index (χ1v) is 7.98. The van der Waals surface area contributed by atoms with Crippen LogP contribution < -0.4 is 10.6 Å². The maximum atomic E-state index is 11.7. The molecule has 0 bridgehead atoms. The number of carbonyl (C=O) groups excluding carboxylic acids is 1. The molecule has 0 aliphatic carbocycles. The van der Waals surface area contributed by atoms with Crippen molar-refractivity contribution in [1.82, 2.24) is 15.5 Å². The Morgan fingerprint density at radius 3 is 2.52 bits per heavy atom. The molecule has 1 rings (SSSR count). The smallest absolute Gasteiger partial charge is 0.407 e. The minimum absolute atomic E-state index is 0.132. The highest BCUT2D eigenvalue weighted by Gasteiger charge is 2.24. The van der Waals surface area contributed by atoms with Gasteiger partial charge in [-0.2, -0.15) is 0 Å². The normalized spacial score (nSPS) is 21.1. The van der Waals surface area contributed by atoms with Gasteiger partial charge in [-0.05, 0) is 73.5 Å². The Morgan fingerprint density at radius 2 is 1.95 bits per heavy atom. The molecule has 1 amide bonds. The van der Waals surface area contributed by atoms with E-state index in [1.54, 1.807) is 0 Å². The third kappa shape index (κ3) is 8.27. The van der Waals surface area contributed by atoms with Crippen molar-refractivity contribution in [3.8, 4) is 0 Å². The van der Waals surface area contributed by atoms with Gasteiger partial charge in [0.25, 0.3) is 0 Å². The van der Waals surface area contributed by atoms with Crippen LogP contribution in [0.5, 0.6) is 0 Å². The number of hydrogen-bond donors (Lipinski definition) is 2. The molecule has 1 saturated heterocycles. The van der Waals surface area contributed by atoms with Gasteiger partial charge in [0, 0.05) is 18.6 Å². The monoisotopic (exact) mass is 299 g/mol. The summed E-state index contributed by atoms with van der Waals surface area (Å²) in [5.41, 5.74) is -0.582. The lowest BCUT2D eigenvalue weighted by Gasteiger charge is -2.34. The molecule has 21 heavy (non-hydrogen) atoms. The first kappa shape index (κ1) is 18.2. The lowest BCUT2D eigenvalue weighted by atomic mass is 9.96. The van der Waals surface area contributed by atoms with Gasteiger partial charge in [-0.15, -0.1) is 0 Å². The summed E-state index contributed by atoms with van der Waals surface area (Å²) in [5, 5.41) is 6.41. The zero-order valence-electron chi connectivity index (χ0n) is 14.6. The third-order valence-corrected chi connectivity index (χ3v) is 3.66.